The van der Waals surface area contributed by atoms with Gasteiger partial charge in [0, 0.05) is 32.7 Å². The van der Waals surface area contributed by atoms with Gasteiger partial charge >= 0.3 is 0 Å². The van der Waals surface area contributed by atoms with Crippen molar-refractivity contribution in [3.05, 3.63) is 48.0 Å². The number of guanidine groups is 1. The first-order valence-electron chi connectivity index (χ1n) is 9.31. The number of halogens is 1. The van der Waals surface area contributed by atoms with E-state index in [9.17, 15) is 4.79 Å². The van der Waals surface area contributed by atoms with Crippen molar-refractivity contribution >= 4 is 35.8 Å². The van der Waals surface area contributed by atoms with E-state index in [0.29, 0.717) is 38.9 Å². The molecule has 1 heterocycles. The van der Waals surface area contributed by atoms with Crippen molar-refractivity contribution < 1.29 is 9.53 Å². The highest BCUT2D eigenvalue weighted by Gasteiger charge is 2.27. The normalized spacial score (nSPS) is 18.7. The molecule has 3 rings (SSSR count). The van der Waals surface area contributed by atoms with Gasteiger partial charge in [-0.3, -0.25) is 9.79 Å². The molecule has 1 aliphatic carbocycles. The third-order valence-corrected chi connectivity index (χ3v) is 4.87. The average Bonchev–Trinajstić information content (AvgIpc) is 3.21. The second-order valence-electron chi connectivity index (χ2n) is 6.64. The number of hydrogen-bond acceptors (Lipinski definition) is 3. The van der Waals surface area contributed by atoms with Gasteiger partial charge in [0.15, 0.2) is 5.96 Å². The maximum atomic E-state index is 13.1. The van der Waals surface area contributed by atoms with Gasteiger partial charge in [0.2, 0.25) is 5.91 Å². The maximum Gasteiger partial charge on any atom is 0.232 e. The maximum absolute atomic E-state index is 13.1. The Morgan fingerprint density at radius 3 is 2.52 bits per heavy atom. The Morgan fingerprint density at radius 2 is 1.89 bits per heavy atom. The number of ether oxygens (including phenoxy) is 1. The lowest BCUT2D eigenvalue weighted by molar-refractivity contribution is -0.136. The summed E-state index contributed by atoms with van der Waals surface area (Å²) in [6, 6.07) is 10.3. The minimum atomic E-state index is -0.241. The molecule has 1 aliphatic heterocycles. The van der Waals surface area contributed by atoms with E-state index in [1.54, 1.807) is 7.05 Å². The van der Waals surface area contributed by atoms with Crippen molar-refractivity contribution in [2.24, 2.45) is 4.99 Å². The largest absolute Gasteiger partial charge is 0.378 e. The van der Waals surface area contributed by atoms with Crippen LogP contribution in [0.25, 0.3) is 0 Å². The predicted molar refractivity (Wildman–Crippen MR) is 119 cm³/mol. The molecule has 7 heteroatoms. The molecule has 1 aromatic rings. The molecule has 1 atom stereocenters. The van der Waals surface area contributed by atoms with E-state index in [4.69, 9.17) is 4.74 Å². The summed E-state index contributed by atoms with van der Waals surface area (Å²) in [6.45, 7) is 3.04. The molecule has 0 aromatic heterocycles. The Bertz CT molecular complexity index is 637. The van der Waals surface area contributed by atoms with Crippen LogP contribution < -0.4 is 10.6 Å². The molecule has 1 fully saturated rings. The van der Waals surface area contributed by atoms with Gasteiger partial charge in [-0.15, -0.1) is 24.0 Å². The Balaban J connectivity index is 0.00000261. The van der Waals surface area contributed by atoms with Gasteiger partial charge in [-0.25, -0.2) is 0 Å². The Labute approximate surface area is 178 Å². The van der Waals surface area contributed by atoms with Crippen molar-refractivity contribution in [1.29, 1.82) is 0 Å². The first-order valence-corrected chi connectivity index (χ1v) is 9.31. The minimum absolute atomic E-state index is 0. The van der Waals surface area contributed by atoms with E-state index in [1.165, 1.54) is 0 Å². The summed E-state index contributed by atoms with van der Waals surface area (Å²) in [6.07, 6.45) is 6.38. The van der Waals surface area contributed by atoms with Gasteiger partial charge in [-0.05, 0) is 18.4 Å². The van der Waals surface area contributed by atoms with E-state index in [-0.39, 0.29) is 35.8 Å². The number of carbonyl (C=O) groups excluding carboxylic acids is 1. The van der Waals surface area contributed by atoms with Gasteiger partial charge in [-0.2, -0.15) is 0 Å². The molecule has 27 heavy (non-hydrogen) atoms. The first kappa shape index (κ1) is 21.7. The van der Waals surface area contributed by atoms with Crippen molar-refractivity contribution in [2.75, 3.05) is 39.9 Å². The number of hydrogen-bond donors (Lipinski definition) is 2. The molecule has 1 aromatic carbocycles. The third-order valence-electron chi connectivity index (χ3n) is 4.87. The lowest BCUT2D eigenvalue weighted by atomic mass is 9.97. The molecule has 2 aliphatic rings. The van der Waals surface area contributed by atoms with E-state index in [2.05, 4.69) is 27.8 Å². The number of amides is 1. The van der Waals surface area contributed by atoms with Crippen LogP contribution in [-0.2, 0) is 9.53 Å². The van der Waals surface area contributed by atoms with Crippen LogP contribution in [0.5, 0.6) is 0 Å². The van der Waals surface area contributed by atoms with Crippen molar-refractivity contribution in [1.82, 2.24) is 15.5 Å². The molecule has 1 unspecified atom stereocenters. The summed E-state index contributed by atoms with van der Waals surface area (Å²) in [4.78, 5) is 19.3. The van der Waals surface area contributed by atoms with Crippen LogP contribution >= 0.6 is 24.0 Å². The zero-order valence-electron chi connectivity index (χ0n) is 15.8. The summed E-state index contributed by atoms with van der Waals surface area (Å²) in [7, 11) is 1.76. The number of morpholine rings is 1. The SMILES string of the molecule is CN=C(NCC(C(=O)N1CCOCC1)c1ccccc1)NC1CC=CC1.I. The fraction of sp³-hybridized carbons (Fsp3) is 0.500. The lowest BCUT2D eigenvalue weighted by Gasteiger charge is -2.31. The van der Waals surface area contributed by atoms with E-state index in [1.807, 2.05) is 35.2 Å². The Hall–Kier alpha value is -1.61. The number of nitrogens with one attached hydrogen (secondary N) is 2. The number of nitrogens with zero attached hydrogens (tertiary/aromatic N) is 2. The summed E-state index contributed by atoms with van der Waals surface area (Å²) < 4.78 is 5.38. The van der Waals surface area contributed by atoms with Crippen molar-refractivity contribution in [3.8, 4) is 0 Å². The van der Waals surface area contributed by atoms with Crippen LogP contribution in [0.1, 0.15) is 24.3 Å². The van der Waals surface area contributed by atoms with Crippen LogP contribution in [0.3, 0.4) is 0 Å². The number of rotatable bonds is 5. The van der Waals surface area contributed by atoms with E-state index < -0.39 is 0 Å². The monoisotopic (exact) mass is 484 g/mol. The molecule has 6 nitrogen and oxygen atoms in total. The topological polar surface area (TPSA) is 66.0 Å². The number of aliphatic imine (C=N–C) groups is 1. The van der Waals surface area contributed by atoms with Gasteiger partial charge < -0.3 is 20.3 Å². The molecule has 1 amide bonds. The second kappa shape index (κ2) is 11.3. The van der Waals surface area contributed by atoms with Gasteiger partial charge in [0.05, 0.1) is 19.1 Å². The highest BCUT2D eigenvalue weighted by molar-refractivity contribution is 14.0. The number of carbonyl (C=O) groups is 1. The molecule has 148 valence electrons. The molecule has 2 N–H and O–H groups in total. The molecule has 0 spiro atoms. The highest BCUT2D eigenvalue weighted by atomic mass is 127. The lowest BCUT2D eigenvalue weighted by Crippen LogP contribution is -2.48. The average molecular weight is 484 g/mol. The van der Waals surface area contributed by atoms with Crippen LogP contribution in [0, 0.1) is 0 Å². The summed E-state index contributed by atoms with van der Waals surface area (Å²) in [5, 5.41) is 6.77. The summed E-state index contributed by atoms with van der Waals surface area (Å²) in [5.41, 5.74) is 1.02. The molecule has 0 saturated carbocycles. The fourth-order valence-corrected chi connectivity index (χ4v) is 3.36. The number of benzene rings is 1. The van der Waals surface area contributed by atoms with Gasteiger partial charge in [0.25, 0.3) is 0 Å². The minimum Gasteiger partial charge on any atom is -0.378 e. The predicted octanol–water partition coefficient (Wildman–Crippen LogP) is 2.13. The van der Waals surface area contributed by atoms with Crippen LogP contribution in [0.15, 0.2) is 47.5 Å². The zero-order chi connectivity index (χ0) is 18.2. The Morgan fingerprint density at radius 1 is 1.22 bits per heavy atom. The van der Waals surface area contributed by atoms with Gasteiger partial charge in [-0.1, -0.05) is 42.5 Å². The van der Waals surface area contributed by atoms with Crippen LogP contribution in [-0.4, -0.2) is 62.7 Å². The van der Waals surface area contributed by atoms with Crippen LogP contribution in [0.2, 0.25) is 0 Å². The van der Waals surface area contributed by atoms with E-state index in [0.717, 1.165) is 24.4 Å². The van der Waals surface area contributed by atoms with Crippen molar-refractivity contribution in [3.63, 3.8) is 0 Å². The smallest absolute Gasteiger partial charge is 0.232 e. The zero-order valence-corrected chi connectivity index (χ0v) is 18.1. The Kier molecular flexibility index (Phi) is 9.06. The van der Waals surface area contributed by atoms with Gasteiger partial charge in [0.1, 0.15) is 0 Å². The molecule has 1 saturated heterocycles. The third kappa shape index (κ3) is 6.21. The molecule has 0 radical (unpaired) electrons. The van der Waals surface area contributed by atoms with Crippen molar-refractivity contribution in [2.45, 2.75) is 24.8 Å². The second-order valence-corrected chi connectivity index (χ2v) is 6.64. The highest BCUT2D eigenvalue weighted by Crippen LogP contribution is 2.19. The summed E-state index contributed by atoms with van der Waals surface area (Å²) >= 11 is 0. The van der Waals surface area contributed by atoms with E-state index >= 15 is 0 Å². The quantitative estimate of drug-likeness (QED) is 0.291. The standard InChI is InChI=1S/C20H28N4O2.HI/c1-21-20(23-17-9-5-6-10-17)22-15-18(16-7-3-2-4-8-16)19(25)24-11-13-26-14-12-24;/h2-8,17-18H,9-15H2,1H3,(H2,21,22,23);1H. The molecular formula is C20H29IN4O2. The first-order chi connectivity index (χ1) is 12.8. The molecule has 0 bridgehead atoms. The summed E-state index contributed by atoms with van der Waals surface area (Å²) in [5.74, 6) is 0.647. The van der Waals surface area contributed by atoms with Crippen LogP contribution in [0.4, 0.5) is 0 Å². The fourth-order valence-electron chi connectivity index (χ4n) is 3.36. The molecular weight excluding hydrogens is 455 g/mol.